The highest BCUT2D eigenvalue weighted by molar-refractivity contribution is 5.89. The summed E-state index contributed by atoms with van der Waals surface area (Å²) in [6, 6.07) is 6.28. The standard InChI is InChI=1S/C25H25F3O9/c1-12-14(36-20(32)24(34-3,25(26,27)28)13-7-5-4-6-8-13)9-15-21(2)11-35-19(31)23(21,33)16-10-22(12,15)17(29)18(30)37-16/h4-9,12,14,16-17,29,33H,10-11H2,1-3H3/t12-,14-,16-,17+,21+,22-,23-,24-/m1/s1. The lowest BCUT2D eigenvalue weighted by Crippen LogP contribution is -2.71. The molecule has 0 unspecified atom stereocenters. The molecule has 2 bridgehead atoms. The Morgan fingerprint density at radius 1 is 1.19 bits per heavy atom. The molecule has 5 rings (SSSR count). The summed E-state index contributed by atoms with van der Waals surface area (Å²) in [5.74, 6) is -4.82. The van der Waals surface area contributed by atoms with Crippen LogP contribution in [-0.4, -0.2) is 71.9 Å². The van der Waals surface area contributed by atoms with Crippen molar-refractivity contribution in [3.63, 3.8) is 0 Å². The second-order valence-corrected chi connectivity index (χ2v) is 10.2. The van der Waals surface area contributed by atoms with E-state index in [-0.39, 0.29) is 18.6 Å². The fourth-order valence-corrected chi connectivity index (χ4v) is 6.65. The molecule has 1 saturated carbocycles. The highest BCUT2D eigenvalue weighted by atomic mass is 19.4. The molecule has 1 aromatic carbocycles. The molecular formula is C25H25F3O9. The summed E-state index contributed by atoms with van der Waals surface area (Å²) in [4.78, 5) is 38.6. The van der Waals surface area contributed by atoms with Crippen LogP contribution in [-0.2, 0) is 38.9 Å². The number of aliphatic hydroxyl groups is 2. The highest BCUT2D eigenvalue weighted by Crippen LogP contribution is 2.68. The number of fused-ring (bicyclic) bond motifs is 4. The maximum absolute atomic E-state index is 14.4. The van der Waals surface area contributed by atoms with Crippen LogP contribution in [0.1, 0.15) is 25.8 Å². The molecule has 0 aromatic heterocycles. The first kappa shape index (κ1) is 25.7. The van der Waals surface area contributed by atoms with Gasteiger partial charge in [-0.15, -0.1) is 0 Å². The van der Waals surface area contributed by atoms with Gasteiger partial charge >= 0.3 is 24.1 Å². The number of halogens is 3. The van der Waals surface area contributed by atoms with Crippen molar-refractivity contribution < 1.29 is 56.7 Å². The third-order valence-electron chi connectivity index (χ3n) is 8.75. The molecule has 12 heteroatoms. The number of benzene rings is 1. The van der Waals surface area contributed by atoms with Gasteiger partial charge in [-0.1, -0.05) is 37.3 Å². The Labute approximate surface area is 209 Å². The number of cyclic esters (lactones) is 1. The van der Waals surface area contributed by atoms with E-state index in [2.05, 4.69) is 0 Å². The largest absolute Gasteiger partial charge is 0.462 e. The third kappa shape index (κ3) is 2.89. The summed E-state index contributed by atoms with van der Waals surface area (Å²) in [6.07, 6.45) is -8.67. The average Bonchev–Trinajstić information content (AvgIpc) is 3.25. The van der Waals surface area contributed by atoms with Crippen LogP contribution in [0.5, 0.6) is 0 Å². The number of ether oxygens (including phenoxy) is 4. The molecule has 9 nitrogen and oxygen atoms in total. The molecule has 2 N–H and O–H groups in total. The molecule has 2 saturated heterocycles. The van der Waals surface area contributed by atoms with E-state index in [1.165, 1.54) is 38.1 Å². The fraction of sp³-hybridized carbons (Fsp3) is 0.560. The summed E-state index contributed by atoms with van der Waals surface area (Å²) in [5.41, 5.74) is -9.05. The molecule has 3 fully saturated rings. The number of aliphatic hydroxyl groups excluding tert-OH is 1. The minimum atomic E-state index is -5.21. The Morgan fingerprint density at radius 3 is 2.43 bits per heavy atom. The zero-order valence-electron chi connectivity index (χ0n) is 20.1. The van der Waals surface area contributed by atoms with Crippen molar-refractivity contribution in [1.29, 1.82) is 0 Å². The first-order chi connectivity index (χ1) is 17.2. The molecule has 8 atom stereocenters. The van der Waals surface area contributed by atoms with Gasteiger partial charge in [-0.3, -0.25) is 0 Å². The monoisotopic (exact) mass is 526 g/mol. The maximum Gasteiger partial charge on any atom is 0.432 e. The van der Waals surface area contributed by atoms with E-state index < -0.39 is 75.9 Å². The van der Waals surface area contributed by atoms with E-state index in [0.29, 0.717) is 0 Å². The molecule has 1 spiro atoms. The lowest BCUT2D eigenvalue weighted by atomic mass is 9.49. The first-order valence-electron chi connectivity index (χ1n) is 11.6. The molecule has 4 aliphatic rings. The van der Waals surface area contributed by atoms with E-state index in [4.69, 9.17) is 18.9 Å². The molecule has 2 aliphatic carbocycles. The quantitative estimate of drug-likeness (QED) is 0.341. The van der Waals surface area contributed by atoms with Crippen molar-refractivity contribution in [2.24, 2.45) is 16.7 Å². The van der Waals surface area contributed by atoms with Crippen molar-refractivity contribution in [3.8, 4) is 0 Å². The van der Waals surface area contributed by atoms with E-state index in [9.17, 15) is 37.8 Å². The van der Waals surface area contributed by atoms with Gasteiger partial charge in [0.25, 0.3) is 5.60 Å². The van der Waals surface area contributed by atoms with Gasteiger partial charge < -0.3 is 29.2 Å². The smallest absolute Gasteiger partial charge is 0.432 e. The van der Waals surface area contributed by atoms with E-state index in [1.807, 2.05) is 0 Å². The summed E-state index contributed by atoms with van der Waals surface area (Å²) in [7, 11) is 0.741. The predicted molar refractivity (Wildman–Crippen MR) is 115 cm³/mol. The van der Waals surface area contributed by atoms with Crippen molar-refractivity contribution in [2.45, 2.75) is 56.0 Å². The van der Waals surface area contributed by atoms with Crippen LogP contribution in [0, 0.1) is 16.7 Å². The number of hydrogen-bond donors (Lipinski definition) is 2. The first-order valence-corrected chi connectivity index (χ1v) is 11.6. The second-order valence-electron chi connectivity index (χ2n) is 10.2. The van der Waals surface area contributed by atoms with Crippen molar-refractivity contribution >= 4 is 17.9 Å². The Kier molecular flexibility index (Phi) is 5.40. The number of rotatable bonds is 4. The van der Waals surface area contributed by atoms with Crippen LogP contribution < -0.4 is 0 Å². The maximum atomic E-state index is 14.4. The van der Waals surface area contributed by atoms with Crippen molar-refractivity contribution in [3.05, 3.63) is 47.5 Å². The predicted octanol–water partition coefficient (Wildman–Crippen LogP) is 1.55. The lowest BCUT2D eigenvalue weighted by Gasteiger charge is -2.58. The normalized spacial score (nSPS) is 40.1. The summed E-state index contributed by atoms with van der Waals surface area (Å²) < 4.78 is 63.8. The van der Waals surface area contributed by atoms with Crippen LogP contribution in [0.25, 0.3) is 0 Å². The third-order valence-corrected chi connectivity index (χ3v) is 8.75. The van der Waals surface area contributed by atoms with Gasteiger partial charge in [0, 0.05) is 30.4 Å². The minimum absolute atomic E-state index is 0.189. The minimum Gasteiger partial charge on any atom is -0.462 e. The van der Waals surface area contributed by atoms with Gasteiger partial charge in [0.2, 0.25) is 5.60 Å². The average molecular weight is 526 g/mol. The molecule has 2 heterocycles. The van der Waals surface area contributed by atoms with Crippen molar-refractivity contribution in [1.82, 2.24) is 0 Å². The number of alkyl halides is 3. The molecule has 2 aliphatic heterocycles. The van der Waals surface area contributed by atoms with Gasteiger partial charge in [-0.25, -0.2) is 14.4 Å². The molecule has 200 valence electrons. The molecule has 1 aromatic rings. The van der Waals surface area contributed by atoms with Crippen LogP contribution in [0.2, 0.25) is 0 Å². The number of hydrogen-bond acceptors (Lipinski definition) is 9. The van der Waals surface area contributed by atoms with Gasteiger partial charge in [-0.2, -0.15) is 13.2 Å². The molecule has 37 heavy (non-hydrogen) atoms. The summed E-state index contributed by atoms with van der Waals surface area (Å²) in [5, 5.41) is 22.4. The zero-order chi connectivity index (χ0) is 27.2. The van der Waals surface area contributed by atoms with Crippen LogP contribution in [0.4, 0.5) is 13.2 Å². The topological polar surface area (TPSA) is 129 Å². The SMILES string of the molecule is CO[C@@](C(=O)O[C@@H]1C=C2[C@@]3(C[C@@H](OC(=O)[C@@H]3O)[C@@]3(O)C(=O)OC[C@@]23C)[C@@H]1C)(c1ccccc1)C(F)(F)F. The van der Waals surface area contributed by atoms with Crippen LogP contribution in [0.3, 0.4) is 0 Å². The van der Waals surface area contributed by atoms with E-state index in [1.54, 1.807) is 0 Å². The zero-order valence-corrected chi connectivity index (χ0v) is 20.1. The number of methoxy groups -OCH3 is 1. The Balaban J connectivity index is 1.60. The van der Waals surface area contributed by atoms with Crippen LogP contribution in [0.15, 0.2) is 42.0 Å². The fourth-order valence-electron chi connectivity index (χ4n) is 6.65. The highest BCUT2D eigenvalue weighted by Gasteiger charge is 2.79. The van der Waals surface area contributed by atoms with Gasteiger partial charge in [0.15, 0.2) is 6.10 Å². The van der Waals surface area contributed by atoms with E-state index in [0.717, 1.165) is 19.2 Å². The number of esters is 3. The molecule has 0 radical (unpaired) electrons. The number of carbonyl (C=O) groups excluding carboxylic acids is 3. The lowest BCUT2D eigenvalue weighted by molar-refractivity contribution is -0.278. The van der Waals surface area contributed by atoms with Gasteiger partial charge in [-0.05, 0) is 18.6 Å². The van der Waals surface area contributed by atoms with Gasteiger partial charge in [0.05, 0.1) is 5.41 Å². The summed E-state index contributed by atoms with van der Waals surface area (Å²) >= 11 is 0. The Morgan fingerprint density at radius 2 is 1.84 bits per heavy atom. The Hall–Kier alpha value is -2.96. The molecule has 0 amide bonds. The van der Waals surface area contributed by atoms with E-state index >= 15 is 0 Å². The second kappa shape index (κ2) is 7.78. The van der Waals surface area contributed by atoms with Crippen LogP contribution >= 0.6 is 0 Å². The summed E-state index contributed by atoms with van der Waals surface area (Å²) in [6.45, 7) is 2.65. The van der Waals surface area contributed by atoms with Crippen molar-refractivity contribution in [2.75, 3.05) is 13.7 Å². The molecular weight excluding hydrogens is 501 g/mol. The number of carbonyl (C=O) groups is 3. The van der Waals surface area contributed by atoms with Gasteiger partial charge in [0.1, 0.15) is 18.8 Å². The Bertz CT molecular complexity index is 1200.